The molecule has 0 aromatic carbocycles. The molecule has 0 saturated carbocycles. The molecule has 1 aromatic heterocycles. The van der Waals surface area contributed by atoms with Gasteiger partial charge in [0.25, 0.3) is 0 Å². The topological polar surface area (TPSA) is 28.2 Å². The summed E-state index contributed by atoms with van der Waals surface area (Å²) < 4.78 is 0. The zero-order chi connectivity index (χ0) is 13.4. The third-order valence-electron chi connectivity index (χ3n) is 3.38. The molecule has 1 aromatic rings. The molecule has 1 unspecified atom stereocenters. The van der Waals surface area contributed by atoms with E-state index in [1.54, 1.807) is 0 Å². The molecule has 0 aliphatic carbocycles. The van der Waals surface area contributed by atoms with Gasteiger partial charge in [0, 0.05) is 25.8 Å². The van der Waals surface area contributed by atoms with Crippen LogP contribution in [0.3, 0.4) is 0 Å². The lowest BCUT2D eigenvalue weighted by Gasteiger charge is -2.28. The summed E-state index contributed by atoms with van der Waals surface area (Å²) in [6, 6.07) is 2.68. The van der Waals surface area contributed by atoms with Gasteiger partial charge in [-0.25, -0.2) is 0 Å². The van der Waals surface area contributed by atoms with Crippen molar-refractivity contribution >= 4 is 5.69 Å². The van der Waals surface area contributed by atoms with Crippen LogP contribution in [0.5, 0.6) is 0 Å². The molecule has 3 heteroatoms. The van der Waals surface area contributed by atoms with Gasteiger partial charge in [-0.05, 0) is 37.9 Å². The Bertz CT molecular complexity index is 338. The Morgan fingerprint density at radius 1 is 1.33 bits per heavy atom. The summed E-state index contributed by atoms with van der Waals surface area (Å²) in [6.07, 6.45) is 7.46. The van der Waals surface area contributed by atoms with Crippen LogP contribution in [0.2, 0.25) is 0 Å². The molecule has 0 saturated heterocycles. The van der Waals surface area contributed by atoms with Crippen LogP contribution in [-0.4, -0.2) is 24.6 Å². The molecule has 1 heterocycles. The maximum Gasteiger partial charge on any atom is 0.0598 e. The standard InChI is InChI=1S/C15H27N3/c1-5-7-13(3)18(4)15-12-17-10-8-14(15)11-16-9-6-2/h8,10,12-13,16H,5-7,9,11H2,1-4H3. The molecule has 0 radical (unpaired) electrons. The number of anilines is 1. The van der Waals surface area contributed by atoms with E-state index in [4.69, 9.17) is 0 Å². The van der Waals surface area contributed by atoms with Crippen LogP contribution < -0.4 is 10.2 Å². The second-order valence-corrected chi connectivity index (χ2v) is 4.93. The highest BCUT2D eigenvalue weighted by atomic mass is 15.1. The Hall–Kier alpha value is -1.09. The smallest absolute Gasteiger partial charge is 0.0598 e. The summed E-state index contributed by atoms with van der Waals surface area (Å²) in [5.41, 5.74) is 2.59. The first-order valence-corrected chi connectivity index (χ1v) is 7.07. The minimum absolute atomic E-state index is 0.559. The van der Waals surface area contributed by atoms with E-state index in [2.05, 4.69) is 49.1 Å². The Morgan fingerprint density at radius 3 is 2.78 bits per heavy atom. The van der Waals surface area contributed by atoms with Crippen molar-refractivity contribution in [3.8, 4) is 0 Å². The Morgan fingerprint density at radius 2 is 2.11 bits per heavy atom. The first-order valence-electron chi connectivity index (χ1n) is 7.07. The normalized spacial score (nSPS) is 12.4. The summed E-state index contributed by atoms with van der Waals surface area (Å²) in [6.45, 7) is 8.69. The van der Waals surface area contributed by atoms with Crippen molar-refractivity contribution in [1.82, 2.24) is 10.3 Å². The maximum absolute atomic E-state index is 4.27. The Kier molecular flexibility index (Phi) is 6.73. The summed E-state index contributed by atoms with van der Waals surface area (Å²) in [4.78, 5) is 6.61. The molecule has 102 valence electrons. The van der Waals surface area contributed by atoms with Gasteiger partial charge in [0.2, 0.25) is 0 Å². The van der Waals surface area contributed by atoms with Gasteiger partial charge >= 0.3 is 0 Å². The average Bonchev–Trinajstić information content (AvgIpc) is 2.39. The highest BCUT2D eigenvalue weighted by Crippen LogP contribution is 2.21. The van der Waals surface area contributed by atoms with Gasteiger partial charge in [-0.3, -0.25) is 4.98 Å². The number of nitrogens with zero attached hydrogens (tertiary/aromatic N) is 2. The highest BCUT2D eigenvalue weighted by molar-refractivity contribution is 5.51. The third kappa shape index (κ3) is 4.30. The molecule has 1 rings (SSSR count). The summed E-state index contributed by atoms with van der Waals surface area (Å²) >= 11 is 0. The van der Waals surface area contributed by atoms with Crippen molar-refractivity contribution in [2.75, 3.05) is 18.5 Å². The van der Waals surface area contributed by atoms with Crippen LogP contribution in [0.25, 0.3) is 0 Å². The summed E-state index contributed by atoms with van der Waals surface area (Å²) in [5, 5.41) is 3.46. The number of hydrogen-bond acceptors (Lipinski definition) is 3. The van der Waals surface area contributed by atoms with Crippen molar-refractivity contribution in [2.45, 2.75) is 52.6 Å². The van der Waals surface area contributed by atoms with E-state index in [9.17, 15) is 0 Å². The van der Waals surface area contributed by atoms with Gasteiger partial charge < -0.3 is 10.2 Å². The fourth-order valence-electron chi connectivity index (χ4n) is 2.13. The van der Waals surface area contributed by atoms with Gasteiger partial charge in [-0.15, -0.1) is 0 Å². The van der Waals surface area contributed by atoms with Crippen molar-refractivity contribution < 1.29 is 0 Å². The zero-order valence-electron chi connectivity index (χ0n) is 12.2. The molecule has 3 nitrogen and oxygen atoms in total. The van der Waals surface area contributed by atoms with Crippen molar-refractivity contribution in [1.29, 1.82) is 0 Å². The Balaban J connectivity index is 2.73. The molecule has 18 heavy (non-hydrogen) atoms. The highest BCUT2D eigenvalue weighted by Gasteiger charge is 2.12. The van der Waals surface area contributed by atoms with Gasteiger partial charge in [0.1, 0.15) is 0 Å². The fourth-order valence-corrected chi connectivity index (χ4v) is 2.13. The van der Waals surface area contributed by atoms with E-state index in [1.807, 2.05) is 12.4 Å². The van der Waals surface area contributed by atoms with Gasteiger partial charge in [-0.2, -0.15) is 0 Å². The molecule has 0 aliphatic heterocycles. The minimum atomic E-state index is 0.559. The van der Waals surface area contributed by atoms with Gasteiger partial charge in [0.15, 0.2) is 0 Å². The van der Waals surface area contributed by atoms with Crippen LogP contribution >= 0.6 is 0 Å². The fraction of sp³-hybridized carbons (Fsp3) is 0.667. The van der Waals surface area contributed by atoms with Crippen molar-refractivity contribution in [2.24, 2.45) is 0 Å². The SMILES string of the molecule is CCCNCc1ccncc1N(C)C(C)CCC. The Labute approximate surface area is 112 Å². The van der Waals surface area contributed by atoms with Crippen molar-refractivity contribution in [3.05, 3.63) is 24.0 Å². The first kappa shape index (κ1) is 15.0. The molecule has 0 fully saturated rings. The lowest BCUT2D eigenvalue weighted by molar-refractivity contribution is 0.609. The predicted octanol–water partition coefficient (Wildman–Crippen LogP) is 3.21. The second-order valence-electron chi connectivity index (χ2n) is 4.93. The van der Waals surface area contributed by atoms with Crippen LogP contribution in [0.1, 0.15) is 45.6 Å². The third-order valence-corrected chi connectivity index (χ3v) is 3.38. The number of hydrogen-bond donors (Lipinski definition) is 1. The quantitative estimate of drug-likeness (QED) is 0.717. The molecule has 1 atom stereocenters. The van der Waals surface area contributed by atoms with E-state index in [1.165, 1.54) is 30.5 Å². The largest absolute Gasteiger partial charge is 0.370 e. The van der Waals surface area contributed by atoms with E-state index in [-0.39, 0.29) is 0 Å². The summed E-state index contributed by atoms with van der Waals surface area (Å²) in [7, 11) is 2.17. The monoisotopic (exact) mass is 249 g/mol. The molecular formula is C15H27N3. The number of rotatable bonds is 8. The number of aromatic nitrogens is 1. The first-order chi connectivity index (χ1) is 8.70. The zero-order valence-corrected chi connectivity index (χ0v) is 12.2. The number of pyridine rings is 1. The van der Waals surface area contributed by atoms with Crippen LogP contribution in [0, 0.1) is 0 Å². The van der Waals surface area contributed by atoms with E-state index < -0.39 is 0 Å². The van der Waals surface area contributed by atoms with Crippen LogP contribution in [0.4, 0.5) is 5.69 Å². The predicted molar refractivity (Wildman–Crippen MR) is 79.0 cm³/mol. The van der Waals surface area contributed by atoms with Gasteiger partial charge in [-0.1, -0.05) is 20.3 Å². The molecule has 0 spiro atoms. The molecule has 0 bridgehead atoms. The molecule has 0 amide bonds. The van der Waals surface area contributed by atoms with Crippen LogP contribution in [0.15, 0.2) is 18.5 Å². The minimum Gasteiger partial charge on any atom is -0.370 e. The van der Waals surface area contributed by atoms with Gasteiger partial charge in [0.05, 0.1) is 11.9 Å². The lowest BCUT2D eigenvalue weighted by atomic mass is 10.1. The molecule has 0 aliphatic rings. The van der Waals surface area contributed by atoms with E-state index >= 15 is 0 Å². The van der Waals surface area contributed by atoms with Crippen molar-refractivity contribution in [3.63, 3.8) is 0 Å². The lowest BCUT2D eigenvalue weighted by Crippen LogP contribution is -2.30. The molecular weight excluding hydrogens is 222 g/mol. The second kappa shape index (κ2) is 8.09. The average molecular weight is 249 g/mol. The number of nitrogens with one attached hydrogen (secondary N) is 1. The van der Waals surface area contributed by atoms with Crippen LogP contribution in [-0.2, 0) is 6.54 Å². The summed E-state index contributed by atoms with van der Waals surface area (Å²) in [5.74, 6) is 0. The van der Waals surface area contributed by atoms with E-state index in [0.717, 1.165) is 13.1 Å². The van der Waals surface area contributed by atoms with E-state index in [0.29, 0.717) is 6.04 Å². The maximum atomic E-state index is 4.27. The molecule has 1 N–H and O–H groups in total.